The van der Waals surface area contributed by atoms with E-state index in [-0.39, 0.29) is 35.5 Å². The number of nitrogens with zero attached hydrogens (tertiary/aromatic N) is 4. The number of ether oxygens (including phenoxy) is 1. The molecule has 2 aliphatic heterocycles. The molecular formula is C20H30N4O6S. The standard InChI is InChI=1S/C20H30N4O6S/c1-3-23(4-2)31(28,29)17-7-8-18(19(14-17)24(26)27)22-9-5-6-16(15-22)20(25)21-10-12-30-13-11-21/h7-8,14,16H,3-6,9-13,15H2,1-2H3. The molecule has 0 radical (unpaired) electrons. The van der Waals surface area contributed by atoms with Gasteiger partial charge in [0.2, 0.25) is 15.9 Å². The molecule has 0 bridgehead atoms. The first-order valence-electron chi connectivity index (χ1n) is 10.7. The molecule has 2 heterocycles. The molecule has 3 rings (SSSR count). The number of anilines is 1. The highest BCUT2D eigenvalue weighted by molar-refractivity contribution is 7.89. The van der Waals surface area contributed by atoms with Crippen LogP contribution in [0, 0.1) is 16.0 Å². The Morgan fingerprint density at radius 1 is 1.23 bits per heavy atom. The van der Waals surface area contributed by atoms with Gasteiger partial charge in [0.25, 0.3) is 5.69 Å². The summed E-state index contributed by atoms with van der Waals surface area (Å²) in [6.45, 7) is 7.14. The molecular weight excluding hydrogens is 424 g/mol. The van der Waals surface area contributed by atoms with E-state index in [1.165, 1.54) is 16.4 Å². The van der Waals surface area contributed by atoms with E-state index in [1.54, 1.807) is 18.7 Å². The van der Waals surface area contributed by atoms with Crippen molar-refractivity contribution in [1.29, 1.82) is 0 Å². The van der Waals surface area contributed by atoms with Gasteiger partial charge in [-0.2, -0.15) is 4.31 Å². The van der Waals surface area contributed by atoms with E-state index >= 15 is 0 Å². The molecule has 10 nitrogen and oxygen atoms in total. The van der Waals surface area contributed by atoms with Crippen LogP contribution < -0.4 is 4.90 Å². The third-order valence-corrected chi connectivity index (χ3v) is 7.97. The van der Waals surface area contributed by atoms with Crippen molar-refractivity contribution < 1.29 is 22.9 Å². The minimum atomic E-state index is -3.81. The smallest absolute Gasteiger partial charge is 0.293 e. The SMILES string of the molecule is CCN(CC)S(=O)(=O)c1ccc(N2CCCC(C(=O)N3CCOCC3)C2)c([N+](=O)[O-])c1. The molecule has 0 aromatic heterocycles. The summed E-state index contributed by atoms with van der Waals surface area (Å²) in [5, 5.41) is 11.8. The molecule has 11 heteroatoms. The van der Waals surface area contributed by atoms with Gasteiger partial charge in [0.05, 0.1) is 29.0 Å². The van der Waals surface area contributed by atoms with E-state index in [4.69, 9.17) is 4.74 Å². The predicted molar refractivity (Wildman–Crippen MR) is 116 cm³/mol. The maximum absolute atomic E-state index is 12.9. The number of carbonyl (C=O) groups excluding carboxylic acids is 1. The first-order valence-corrected chi connectivity index (χ1v) is 12.1. The molecule has 1 aromatic carbocycles. The first kappa shape index (κ1) is 23.4. The van der Waals surface area contributed by atoms with Crippen LogP contribution >= 0.6 is 0 Å². The number of benzene rings is 1. The zero-order valence-electron chi connectivity index (χ0n) is 18.0. The summed E-state index contributed by atoms with van der Waals surface area (Å²) in [4.78, 5) is 27.7. The van der Waals surface area contributed by atoms with Crippen molar-refractivity contribution in [3.05, 3.63) is 28.3 Å². The highest BCUT2D eigenvalue weighted by atomic mass is 32.2. The monoisotopic (exact) mass is 454 g/mol. The average Bonchev–Trinajstić information content (AvgIpc) is 2.79. The zero-order valence-corrected chi connectivity index (χ0v) is 18.8. The van der Waals surface area contributed by atoms with E-state index in [0.29, 0.717) is 45.1 Å². The Hall–Kier alpha value is -2.24. The molecule has 2 fully saturated rings. The molecule has 0 saturated carbocycles. The molecule has 31 heavy (non-hydrogen) atoms. The predicted octanol–water partition coefficient (Wildman–Crippen LogP) is 1.70. The number of amides is 1. The van der Waals surface area contributed by atoms with Crippen molar-refractivity contribution in [3.63, 3.8) is 0 Å². The molecule has 1 atom stereocenters. The van der Waals surface area contributed by atoms with Crippen LogP contribution in [0.1, 0.15) is 26.7 Å². The molecule has 2 saturated heterocycles. The third kappa shape index (κ3) is 4.99. The van der Waals surface area contributed by atoms with E-state index in [9.17, 15) is 23.3 Å². The van der Waals surface area contributed by atoms with Crippen LogP contribution in [0.3, 0.4) is 0 Å². The highest BCUT2D eigenvalue weighted by Gasteiger charge is 2.33. The van der Waals surface area contributed by atoms with Gasteiger partial charge in [0.15, 0.2) is 0 Å². The van der Waals surface area contributed by atoms with Crippen LogP contribution in [0.25, 0.3) is 0 Å². The maximum atomic E-state index is 12.9. The van der Waals surface area contributed by atoms with E-state index in [0.717, 1.165) is 18.9 Å². The number of hydrogen-bond donors (Lipinski definition) is 0. The topological polar surface area (TPSA) is 113 Å². The van der Waals surface area contributed by atoms with Crippen LogP contribution in [-0.2, 0) is 19.6 Å². The van der Waals surface area contributed by atoms with Crippen LogP contribution in [0.2, 0.25) is 0 Å². The van der Waals surface area contributed by atoms with Gasteiger partial charge in [-0.05, 0) is 25.0 Å². The quantitative estimate of drug-likeness (QED) is 0.455. The summed E-state index contributed by atoms with van der Waals surface area (Å²) >= 11 is 0. The zero-order chi connectivity index (χ0) is 22.6. The largest absolute Gasteiger partial charge is 0.378 e. The molecule has 0 N–H and O–H groups in total. The number of hydrogen-bond acceptors (Lipinski definition) is 7. The van der Waals surface area contributed by atoms with Gasteiger partial charge in [-0.1, -0.05) is 13.8 Å². The fraction of sp³-hybridized carbons (Fsp3) is 0.650. The van der Waals surface area contributed by atoms with Crippen molar-refractivity contribution in [2.75, 3.05) is 57.4 Å². The van der Waals surface area contributed by atoms with Crippen LogP contribution in [0.15, 0.2) is 23.1 Å². The molecule has 1 amide bonds. The highest BCUT2D eigenvalue weighted by Crippen LogP contribution is 2.34. The number of morpholine rings is 1. The van der Waals surface area contributed by atoms with Gasteiger partial charge in [0.1, 0.15) is 5.69 Å². The van der Waals surface area contributed by atoms with Gasteiger partial charge in [-0.15, -0.1) is 0 Å². The Balaban J connectivity index is 1.86. The number of nitro benzene ring substituents is 1. The van der Waals surface area contributed by atoms with Gasteiger partial charge in [-0.25, -0.2) is 8.42 Å². The van der Waals surface area contributed by atoms with Crippen molar-refractivity contribution >= 4 is 27.3 Å². The summed E-state index contributed by atoms with van der Waals surface area (Å²) in [7, 11) is -3.81. The van der Waals surface area contributed by atoms with Gasteiger partial charge >= 0.3 is 0 Å². The lowest BCUT2D eigenvalue weighted by Gasteiger charge is -2.37. The van der Waals surface area contributed by atoms with Gasteiger partial charge in [0, 0.05) is 45.3 Å². The summed E-state index contributed by atoms with van der Waals surface area (Å²) < 4.78 is 32.2. The second-order valence-electron chi connectivity index (χ2n) is 7.72. The summed E-state index contributed by atoms with van der Waals surface area (Å²) in [6, 6.07) is 4.05. The second kappa shape index (κ2) is 9.92. The minimum Gasteiger partial charge on any atom is -0.378 e. The lowest BCUT2D eigenvalue weighted by molar-refractivity contribution is -0.384. The van der Waals surface area contributed by atoms with Crippen molar-refractivity contribution in [2.24, 2.45) is 5.92 Å². The fourth-order valence-electron chi connectivity index (χ4n) is 4.23. The summed E-state index contributed by atoms with van der Waals surface area (Å²) in [5.74, 6) is -0.193. The van der Waals surface area contributed by atoms with Crippen LogP contribution in [0.4, 0.5) is 11.4 Å². The van der Waals surface area contributed by atoms with Crippen LogP contribution in [0.5, 0.6) is 0 Å². The number of nitro groups is 1. The minimum absolute atomic E-state index is 0.0522. The van der Waals surface area contributed by atoms with E-state index < -0.39 is 14.9 Å². The van der Waals surface area contributed by atoms with Gasteiger partial charge in [-0.3, -0.25) is 14.9 Å². The molecule has 2 aliphatic rings. The summed E-state index contributed by atoms with van der Waals surface area (Å²) in [5.41, 5.74) is 0.0932. The Labute approximate surface area is 182 Å². The molecule has 0 aliphatic carbocycles. The lowest BCUT2D eigenvalue weighted by atomic mass is 9.95. The first-order chi connectivity index (χ1) is 14.8. The second-order valence-corrected chi connectivity index (χ2v) is 9.66. The van der Waals surface area contributed by atoms with Crippen molar-refractivity contribution in [2.45, 2.75) is 31.6 Å². The normalized spacial score (nSPS) is 20.2. The van der Waals surface area contributed by atoms with Gasteiger partial charge < -0.3 is 14.5 Å². The van der Waals surface area contributed by atoms with Crippen molar-refractivity contribution in [1.82, 2.24) is 9.21 Å². The summed E-state index contributed by atoms with van der Waals surface area (Å²) in [6.07, 6.45) is 1.46. The number of rotatable bonds is 7. The van der Waals surface area contributed by atoms with E-state index in [2.05, 4.69) is 0 Å². The molecule has 0 spiro atoms. The Bertz CT molecular complexity index is 912. The molecule has 172 valence electrons. The Kier molecular flexibility index (Phi) is 7.50. The fourth-order valence-corrected chi connectivity index (χ4v) is 5.71. The maximum Gasteiger partial charge on any atom is 0.293 e. The third-order valence-electron chi connectivity index (χ3n) is 5.92. The number of piperidine rings is 1. The molecule has 1 aromatic rings. The average molecular weight is 455 g/mol. The number of sulfonamides is 1. The van der Waals surface area contributed by atoms with Crippen molar-refractivity contribution in [3.8, 4) is 0 Å². The van der Waals surface area contributed by atoms with E-state index in [1.807, 2.05) is 4.90 Å². The van der Waals surface area contributed by atoms with Crippen LogP contribution in [-0.4, -0.2) is 80.9 Å². The lowest BCUT2D eigenvalue weighted by Crippen LogP contribution is -2.48. The number of carbonyl (C=O) groups is 1. The Morgan fingerprint density at radius 3 is 2.52 bits per heavy atom. The Morgan fingerprint density at radius 2 is 1.90 bits per heavy atom. The molecule has 1 unspecified atom stereocenters.